The van der Waals surface area contributed by atoms with E-state index in [1.165, 1.54) is 0 Å². The van der Waals surface area contributed by atoms with Crippen LogP contribution in [-0.4, -0.2) is 66.4 Å². The number of amides is 2. The van der Waals surface area contributed by atoms with Crippen molar-refractivity contribution in [3.63, 3.8) is 0 Å². The lowest BCUT2D eigenvalue weighted by molar-refractivity contribution is -0.119. The van der Waals surface area contributed by atoms with Gasteiger partial charge in [-0.3, -0.25) is 4.79 Å². The van der Waals surface area contributed by atoms with E-state index in [9.17, 15) is 14.9 Å². The second-order valence-corrected chi connectivity index (χ2v) is 10.8. The van der Waals surface area contributed by atoms with Crippen molar-refractivity contribution in [1.82, 2.24) is 10.1 Å². The molecule has 2 heterocycles. The molecule has 0 aliphatic carbocycles. The number of nitrogens with two attached hydrogens (primary N) is 1. The summed E-state index contributed by atoms with van der Waals surface area (Å²) in [6.07, 6.45) is 0.205. The quantitative estimate of drug-likeness (QED) is 0.529. The number of hydrogen-bond acceptors (Lipinski definition) is 8. The molecule has 10 heteroatoms. The van der Waals surface area contributed by atoms with Crippen molar-refractivity contribution in [2.24, 2.45) is 11.7 Å². The Morgan fingerprint density at radius 1 is 1.19 bits per heavy atom. The van der Waals surface area contributed by atoms with Crippen molar-refractivity contribution in [3.05, 3.63) is 30.0 Å². The Bertz CT molecular complexity index is 1120. The monoisotopic (exact) mass is 510 g/mol. The van der Waals surface area contributed by atoms with Gasteiger partial charge < -0.3 is 29.7 Å². The number of piperazine rings is 1. The molecule has 3 rings (SSSR count). The molecule has 10 nitrogen and oxygen atoms in total. The van der Waals surface area contributed by atoms with Gasteiger partial charge in [0.25, 0.3) is 0 Å². The highest BCUT2D eigenvalue weighted by molar-refractivity contribution is 5.86. The summed E-state index contributed by atoms with van der Waals surface area (Å²) in [7, 11) is 0. The van der Waals surface area contributed by atoms with E-state index in [1.54, 1.807) is 9.80 Å². The van der Waals surface area contributed by atoms with E-state index < -0.39 is 17.6 Å². The molecule has 1 aromatic carbocycles. The largest absolute Gasteiger partial charge is 0.444 e. The lowest BCUT2D eigenvalue weighted by Gasteiger charge is -2.36. The fourth-order valence-electron chi connectivity index (χ4n) is 4.44. The van der Waals surface area contributed by atoms with E-state index in [-0.39, 0.29) is 18.6 Å². The SMILES string of the molecule is Cc1noc(N(CC#N)C(CC(C)C)C(N)=O)c1-c1ccc(N2CCN(C(=O)OC(C)(C)C)CC2)cc1. The van der Waals surface area contributed by atoms with Crippen LogP contribution in [0.1, 0.15) is 46.7 Å². The Balaban J connectivity index is 1.79. The number of ether oxygens (including phenoxy) is 1. The van der Waals surface area contributed by atoms with Crippen molar-refractivity contribution in [1.29, 1.82) is 5.26 Å². The van der Waals surface area contributed by atoms with Gasteiger partial charge in [0, 0.05) is 31.9 Å². The van der Waals surface area contributed by atoms with Gasteiger partial charge >= 0.3 is 6.09 Å². The molecule has 0 saturated carbocycles. The van der Waals surface area contributed by atoms with E-state index in [4.69, 9.17) is 15.0 Å². The van der Waals surface area contributed by atoms with Crippen LogP contribution in [0.4, 0.5) is 16.4 Å². The summed E-state index contributed by atoms with van der Waals surface area (Å²) >= 11 is 0. The first-order valence-corrected chi connectivity index (χ1v) is 12.6. The van der Waals surface area contributed by atoms with Crippen LogP contribution in [0, 0.1) is 24.2 Å². The average molecular weight is 511 g/mol. The van der Waals surface area contributed by atoms with Gasteiger partial charge in [0.05, 0.1) is 17.3 Å². The third-order valence-corrected chi connectivity index (χ3v) is 6.20. The van der Waals surface area contributed by atoms with Crippen LogP contribution >= 0.6 is 0 Å². The van der Waals surface area contributed by atoms with Crippen molar-refractivity contribution >= 4 is 23.6 Å². The van der Waals surface area contributed by atoms with Crippen LogP contribution in [0.3, 0.4) is 0 Å². The third kappa shape index (κ3) is 6.94. The van der Waals surface area contributed by atoms with Gasteiger partial charge in [-0.05, 0) is 57.7 Å². The first-order chi connectivity index (χ1) is 17.4. The molecule has 1 aromatic heterocycles. The summed E-state index contributed by atoms with van der Waals surface area (Å²) in [6.45, 7) is 13.9. The van der Waals surface area contributed by atoms with Gasteiger partial charge in [-0.2, -0.15) is 5.26 Å². The van der Waals surface area contributed by atoms with Crippen molar-refractivity contribution in [3.8, 4) is 17.2 Å². The van der Waals surface area contributed by atoms with Crippen molar-refractivity contribution in [2.45, 2.75) is 59.6 Å². The molecule has 1 aliphatic heterocycles. The first-order valence-electron chi connectivity index (χ1n) is 12.6. The van der Waals surface area contributed by atoms with E-state index in [2.05, 4.69) is 16.1 Å². The van der Waals surface area contributed by atoms with E-state index in [0.717, 1.165) is 16.8 Å². The fraction of sp³-hybridized carbons (Fsp3) is 0.556. The molecule has 1 aliphatic rings. The molecular formula is C27H38N6O4. The van der Waals surface area contributed by atoms with Crippen molar-refractivity contribution < 1.29 is 18.8 Å². The minimum absolute atomic E-state index is 0.0536. The van der Waals surface area contributed by atoms with Crippen LogP contribution < -0.4 is 15.5 Å². The van der Waals surface area contributed by atoms with Gasteiger partial charge in [0.15, 0.2) is 0 Å². The summed E-state index contributed by atoms with van der Waals surface area (Å²) in [5.41, 5.74) is 8.49. The second kappa shape index (κ2) is 11.5. The number of anilines is 2. The minimum Gasteiger partial charge on any atom is -0.444 e. The summed E-state index contributed by atoms with van der Waals surface area (Å²) in [5.74, 6) is 0.0493. The Hall–Kier alpha value is -3.74. The highest BCUT2D eigenvalue weighted by Crippen LogP contribution is 2.36. The van der Waals surface area contributed by atoms with Crippen LogP contribution in [-0.2, 0) is 9.53 Å². The maximum atomic E-state index is 12.4. The van der Waals surface area contributed by atoms with Crippen LogP contribution in [0.25, 0.3) is 11.1 Å². The molecule has 2 N–H and O–H groups in total. The third-order valence-electron chi connectivity index (χ3n) is 6.20. The number of aromatic nitrogens is 1. The summed E-state index contributed by atoms with van der Waals surface area (Å²) in [5, 5.41) is 13.6. The number of primary amides is 1. The molecule has 1 unspecified atom stereocenters. The van der Waals surface area contributed by atoms with E-state index in [1.807, 2.05) is 65.8 Å². The maximum absolute atomic E-state index is 12.4. The Labute approximate surface area is 218 Å². The lowest BCUT2D eigenvalue weighted by atomic mass is 10.00. The summed E-state index contributed by atoms with van der Waals surface area (Å²) in [6, 6.07) is 9.42. The van der Waals surface area contributed by atoms with E-state index >= 15 is 0 Å². The first kappa shape index (κ1) is 27.8. The predicted octanol–water partition coefficient (Wildman–Crippen LogP) is 3.94. The fourth-order valence-corrected chi connectivity index (χ4v) is 4.44. The molecule has 0 bridgehead atoms. The number of rotatable bonds is 8. The molecule has 200 valence electrons. The van der Waals surface area contributed by atoms with Crippen LogP contribution in [0.2, 0.25) is 0 Å². The second-order valence-electron chi connectivity index (χ2n) is 10.8. The minimum atomic E-state index is -0.689. The predicted molar refractivity (Wildman–Crippen MR) is 142 cm³/mol. The number of carbonyl (C=O) groups is 2. The molecule has 1 fully saturated rings. The lowest BCUT2D eigenvalue weighted by Crippen LogP contribution is -2.50. The number of carbonyl (C=O) groups excluding carboxylic acids is 2. The van der Waals surface area contributed by atoms with E-state index in [0.29, 0.717) is 44.2 Å². The Morgan fingerprint density at radius 3 is 2.32 bits per heavy atom. The maximum Gasteiger partial charge on any atom is 0.410 e. The molecule has 1 atom stereocenters. The Kier molecular flexibility index (Phi) is 8.69. The van der Waals surface area contributed by atoms with Gasteiger partial charge in [-0.1, -0.05) is 31.1 Å². The van der Waals surface area contributed by atoms with Crippen molar-refractivity contribution in [2.75, 3.05) is 42.5 Å². The number of nitrogens with zero attached hydrogens (tertiary/aromatic N) is 5. The topological polar surface area (TPSA) is 129 Å². The number of nitriles is 1. The average Bonchev–Trinajstić information content (AvgIpc) is 3.21. The Morgan fingerprint density at radius 2 is 1.81 bits per heavy atom. The molecule has 2 aromatic rings. The van der Waals surface area contributed by atoms with Gasteiger partial charge in [-0.15, -0.1) is 0 Å². The summed E-state index contributed by atoms with van der Waals surface area (Å²) < 4.78 is 11.1. The number of hydrogen-bond donors (Lipinski definition) is 1. The zero-order valence-corrected chi connectivity index (χ0v) is 22.7. The van der Waals surface area contributed by atoms with Crippen LogP contribution in [0.15, 0.2) is 28.8 Å². The molecule has 0 spiro atoms. The molecule has 37 heavy (non-hydrogen) atoms. The number of aryl methyl sites for hydroxylation is 1. The summed E-state index contributed by atoms with van der Waals surface area (Å²) in [4.78, 5) is 30.2. The molecule has 0 radical (unpaired) electrons. The number of benzene rings is 1. The molecule has 2 amide bonds. The van der Waals surface area contributed by atoms with Gasteiger partial charge in [0.1, 0.15) is 18.2 Å². The smallest absolute Gasteiger partial charge is 0.410 e. The highest BCUT2D eigenvalue weighted by Gasteiger charge is 2.31. The van der Waals surface area contributed by atoms with Gasteiger partial charge in [-0.25, -0.2) is 4.79 Å². The van der Waals surface area contributed by atoms with Crippen LogP contribution in [0.5, 0.6) is 0 Å². The highest BCUT2D eigenvalue weighted by atomic mass is 16.6. The van der Waals surface area contributed by atoms with Gasteiger partial charge in [0.2, 0.25) is 11.8 Å². The normalized spacial score (nSPS) is 14.9. The standard InChI is InChI=1S/C27H38N6O4/c1-18(2)17-22(24(29)34)33(12-11-28)25-23(19(3)30-37-25)20-7-9-21(10-8-20)31-13-15-32(16-14-31)26(35)36-27(4,5)6/h7-10,18,22H,12-17H2,1-6H3,(H2,29,34). The zero-order valence-electron chi connectivity index (χ0n) is 22.7. The molecule has 1 saturated heterocycles. The zero-order chi connectivity index (χ0) is 27.3. The molecular weight excluding hydrogens is 472 g/mol.